The van der Waals surface area contributed by atoms with Crippen LogP contribution in [-0.2, 0) is 14.2 Å². The van der Waals surface area contributed by atoms with E-state index in [-0.39, 0.29) is 41.4 Å². The average molecular weight is 1110 g/mol. The van der Waals surface area contributed by atoms with Gasteiger partial charge in [0.25, 0.3) is 17.7 Å². The Labute approximate surface area is 479 Å². The molecule has 3 saturated heterocycles. The molecule has 0 radical (unpaired) electrons. The summed E-state index contributed by atoms with van der Waals surface area (Å²) in [4.78, 5) is 57.8. The molecule has 18 heteroatoms. The van der Waals surface area contributed by atoms with E-state index in [2.05, 4.69) is 146 Å². The quantitative estimate of drug-likeness (QED) is 0.106. The van der Waals surface area contributed by atoms with Gasteiger partial charge in [0.05, 0.1) is 56.8 Å². The van der Waals surface area contributed by atoms with Crippen LogP contribution >= 0.6 is 0 Å². The fourth-order valence-corrected chi connectivity index (χ4v) is 10.5. The predicted molar refractivity (Wildman–Crippen MR) is 320 cm³/mol. The van der Waals surface area contributed by atoms with Crippen molar-refractivity contribution < 1.29 is 28.6 Å². The normalized spacial score (nSPS) is 18.1. The number of benzene rings is 3. The van der Waals surface area contributed by atoms with E-state index in [1.165, 1.54) is 17.1 Å². The summed E-state index contributed by atoms with van der Waals surface area (Å²) in [6.45, 7) is 21.9. The second-order valence-electron chi connectivity index (χ2n) is 21.9. The molecule has 3 aromatic carbocycles. The number of hydrogen-bond acceptors (Lipinski definition) is 12. The highest BCUT2D eigenvalue weighted by Gasteiger charge is 2.28. The van der Waals surface area contributed by atoms with Crippen LogP contribution in [0.5, 0.6) is 0 Å². The van der Waals surface area contributed by atoms with Gasteiger partial charge in [-0.25, -0.2) is 15.0 Å². The molecule has 0 saturated carbocycles. The fraction of sp³-hybridized carbons (Fsp3) is 0.344. The largest absolute Gasteiger partial charge is 0.377 e. The van der Waals surface area contributed by atoms with E-state index in [0.29, 0.717) is 29.2 Å². The van der Waals surface area contributed by atoms with Gasteiger partial charge in [-0.3, -0.25) is 14.4 Å². The van der Waals surface area contributed by atoms with Gasteiger partial charge in [0, 0.05) is 92.5 Å². The number of carbonyl (C=O) groups is 3. The molecule has 5 atom stereocenters. The number of nitrogens with zero attached hydrogens (tertiary/aromatic N) is 9. The van der Waals surface area contributed by atoms with Crippen LogP contribution in [0.1, 0.15) is 115 Å². The van der Waals surface area contributed by atoms with Crippen LogP contribution in [0.25, 0.3) is 16.9 Å². The third kappa shape index (κ3) is 13.8. The molecule has 0 bridgehead atoms. The molecule has 12 rings (SSSR count). The van der Waals surface area contributed by atoms with Crippen LogP contribution in [-0.4, -0.2) is 123 Å². The zero-order valence-electron chi connectivity index (χ0n) is 47.8. The lowest BCUT2D eigenvalue weighted by Crippen LogP contribution is -2.48. The van der Waals surface area contributed by atoms with Gasteiger partial charge in [-0.2, -0.15) is 0 Å². The Balaban J connectivity index is 0.000000138. The van der Waals surface area contributed by atoms with Crippen LogP contribution in [0.2, 0.25) is 0 Å². The lowest BCUT2D eigenvalue weighted by molar-refractivity contribution is -0.0277. The molecule has 9 heterocycles. The van der Waals surface area contributed by atoms with Crippen molar-refractivity contribution in [3.05, 3.63) is 198 Å². The van der Waals surface area contributed by atoms with Crippen molar-refractivity contribution in [2.45, 2.75) is 84.3 Å². The average Bonchev–Trinajstić information content (AvgIpc) is 4.32. The highest BCUT2D eigenvalue weighted by atomic mass is 16.5. The Morgan fingerprint density at radius 3 is 1.17 bits per heavy atom. The number of ether oxygens (including phenoxy) is 3. The lowest BCUT2D eigenvalue weighted by atomic mass is 10.0. The second kappa shape index (κ2) is 25.5. The van der Waals surface area contributed by atoms with E-state index in [1.807, 2.05) is 107 Å². The minimum Gasteiger partial charge on any atom is -0.377 e. The molecule has 0 spiro atoms. The van der Waals surface area contributed by atoms with Crippen molar-refractivity contribution in [2.75, 3.05) is 73.9 Å². The van der Waals surface area contributed by atoms with Crippen LogP contribution in [0.3, 0.4) is 0 Å². The number of aromatic nitrogens is 6. The van der Waals surface area contributed by atoms with E-state index >= 15 is 0 Å². The van der Waals surface area contributed by atoms with Gasteiger partial charge < -0.3 is 58.1 Å². The summed E-state index contributed by atoms with van der Waals surface area (Å²) in [5.41, 5.74) is 10.2. The minimum absolute atomic E-state index is 0.0986. The molecule has 9 aromatic rings. The molecule has 3 amide bonds. The first-order chi connectivity index (χ1) is 39.6. The lowest BCUT2D eigenvalue weighted by Gasteiger charge is -2.39. The molecule has 0 unspecified atom stereocenters. The Hall–Kier alpha value is -8.58. The smallest absolute Gasteiger partial charge is 0.271 e. The number of amides is 3. The number of pyridine rings is 3. The van der Waals surface area contributed by atoms with Gasteiger partial charge in [0.15, 0.2) is 0 Å². The Morgan fingerprint density at radius 2 is 0.841 bits per heavy atom. The number of anilines is 3. The topological polar surface area (TPSA) is 177 Å². The summed E-state index contributed by atoms with van der Waals surface area (Å²) in [6, 6.07) is 42.7. The maximum Gasteiger partial charge on any atom is 0.271 e. The minimum atomic E-state index is -0.171. The van der Waals surface area contributed by atoms with E-state index < -0.39 is 0 Å². The first-order valence-electron chi connectivity index (χ1n) is 28.3. The van der Waals surface area contributed by atoms with Crippen molar-refractivity contribution in [1.29, 1.82) is 0 Å². The first-order valence-corrected chi connectivity index (χ1v) is 28.3. The number of carbonyl (C=O) groups excluding carboxylic acids is 3. The summed E-state index contributed by atoms with van der Waals surface area (Å²) < 4.78 is 22.3. The summed E-state index contributed by atoms with van der Waals surface area (Å²) in [5, 5.41) is 9.10. The maximum absolute atomic E-state index is 12.6. The van der Waals surface area contributed by atoms with Crippen LogP contribution in [0, 0.1) is 0 Å². The molecule has 0 aliphatic carbocycles. The summed E-state index contributed by atoms with van der Waals surface area (Å²) in [6.07, 6.45) is 10.9. The van der Waals surface area contributed by atoms with E-state index in [4.69, 9.17) is 14.2 Å². The monoisotopic (exact) mass is 1110 g/mol. The molecule has 18 nitrogen and oxygen atoms in total. The molecule has 3 N–H and O–H groups in total. The third-order valence-electron chi connectivity index (χ3n) is 15.2. The van der Waals surface area contributed by atoms with Crippen molar-refractivity contribution in [3.63, 3.8) is 0 Å². The number of nitrogens with one attached hydrogen (secondary N) is 3. The zero-order valence-corrected chi connectivity index (χ0v) is 47.8. The third-order valence-corrected chi connectivity index (χ3v) is 15.2. The molecule has 82 heavy (non-hydrogen) atoms. The molecule has 3 aliphatic rings. The number of fused-ring (bicyclic) bond motifs is 3. The van der Waals surface area contributed by atoms with E-state index in [9.17, 15) is 14.4 Å². The molecular weight excluding hydrogens is 1030 g/mol. The highest BCUT2D eigenvalue weighted by molar-refractivity contribution is 5.94. The fourth-order valence-electron chi connectivity index (χ4n) is 10.5. The second-order valence-corrected chi connectivity index (χ2v) is 21.9. The van der Waals surface area contributed by atoms with Gasteiger partial charge in [-0.05, 0) is 138 Å². The van der Waals surface area contributed by atoms with Gasteiger partial charge in [0.2, 0.25) is 0 Å². The van der Waals surface area contributed by atoms with Gasteiger partial charge >= 0.3 is 0 Å². The van der Waals surface area contributed by atoms with Crippen molar-refractivity contribution in [2.24, 2.45) is 0 Å². The van der Waals surface area contributed by atoms with Crippen LogP contribution < -0.4 is 30.7 Å². The summed E-state index contributed by atoms with van der Waals surface area (Å²) in [7, 11) is 0. The summed E-state index contributed by atoms with van der Waals surface area (Å²) in [5.74, 6) is -0.510. The Morgan fingerprint density at radius 1 is 0.488 bits per heavy atom. The Bertz CT molecular complexity index is 3340. The van der Waals surface area contributed by atoms with Gasteiger partial charge in [0.1, 0.15) is 34.0 Å². The molecule has 3 fully saturated rings. The van der Waals surface area contributed by atoms with Crippen molar-refractivity contribution >= 4 is 51.7 Å². The van der Waals surface area contributed by atoms with Gasteiger partial charge in [-0.15, -0.1) is 0 Å². The SMILES string of the molecule is C[C@@H](NC(=O)c1cn2ccccc2n1)c1ccc(N2CCOC(C)(C)C2)cc1.C[C@@H](NC(=O)c1cn2ccccc2n1)c1ccc(N2CCOC[C@@H]2C)cc1.C[C@@H]1COCCN1c1ccc([C@@H](C)NC(=O)c2cn3ccccc3n2)cc1. The molecule has 426 valence electrons. The highest BCUT2D eigenvalue weighted by Crippen LogP contribution is 2.27. The maximum atomic E-state index is 12.6. The number of imidazole rings is 3. The number of hydrogen-bond donors (Lipinski definition) is 3. The van der Waals surface area contributed by atoms with Crippen LogP contribution in [0.15, 0.2) is 165 Å². The molecule has 3 aliphatic heterocycles. The zero-order chi connectivity index (χ0) is 57.3. The predicted octanol–water partition coefficient (Wildman–Crippen LogP) is 9.54. The van der Waals surface area contributed by atoms with Crippen LogP contribution in [0.4, 0.5) is 17.1 Å². The summed E-state index contributed by atoms with van der Waals surface area (Å²) >= 11 is 0. The standard InChI is InChI=1S/C22H26N4O2.2C21H24N4O2/c1-16(23-21(27)19-14-25-11-5-4-6-20(25)24-19)17-7-9-18(10-8-17)26-12-13-28-22(2,3)15-26;2*1-15-14-27-12-11-25(15)18-8-6-17(7-9-18)16(2)22-21(26)19-13-24-10-4-3-5-20(24)23-19/h4-11,14,16H,12-13,15H2,1-3H3,(H,23,27);2*3-10,13,15-16H,11-12,14H2,1-2H3,(H,22,26)/t16-;15-,16+;15-,16-/m101/s1. The molecule has 6 aromatic heterocycles. The van der Waals surface area contributed by atoms with E-state index in [1.54, 1.807) is 18.6 Å². The number of morpholine rings is 3. The first kappa shape index (κ1) is 56.7. The van der Waals surface area contributed by atoms with Crippen molar-refractivity contribution in [1.82, 2.24) is 44.1 Å². The Kier molecular flexibility index (Phi) is 17.6. The molecular formula is C64H74N12O6. The van der Waals surface area contributed by atoms with Gasteiger partial charge in [-0.1, -0.05) is 54.6 Å². The van der Waals surface area contributed by atoms with E-state index in [0.717, 1.165) is 92.8 Å². The number of rotatable bonds is 12. The van der Waals surface area contributed by atoms with Crippen molar-refractivity contribution in [3.8, 4) is 0 Å².